The minimum absolute atomic E-state index is 0.450. The number of rotatable bonds is 13. The predicted molar refractivity (Wildman–Crippen MR) is 106 cm³/mol. The quantitative estimate of drug-likeness (QED) is 0.397. The maximum atomic E-state index is 9.55. The van der Waals surface area contributed by atoms with Crippen molar-refractivity contribution in [3.63, 3.8) is 0 Å². The van der Waals surface area contributed by atoms with Crippen molar-refractivity contribution in [3.8, 4) is 5.75 Å². The molecule has 0 amide bonds. The molecule has 0 aromatic heterocycles. The Morgan fingerprint density at radius 3 is 1.83 bits per heavy atom. The molecule has 0 heterocycles. The topological polar surface area (TPSA) is 29.5 Å². The lowest BCUT2D eigenvalue weighted by Crippen LogP contribution is -1.95. The number of benzene rings is 1. The highest BCUT2D eigenvalue weighted by Gasteiger charge is 1.98. The van der Waals surface area contributed by atoms with E-state index in [1.807, 2.05) is 18.2 Å². The van der Waals surface area contributed by atoms with Gasteiger partial charge in [0.15, 0.2) is 0 Å². The summed E-state index contributed by atoms with van der Waals surface area (Å²) < 4.78 is 5.31. The average molecular weight is 337 g/mol. The summed E-state index contributed by atoms with van der Waals surface area (Å²) in [6.07, 6.45) is 13.8. The van der Waals surface area contributed by atoms with Gasteiger partial charge in [0.25, 0.3) is 0 Å². The van der Waals surface area contributed by atoms with Crippen molar-refractivity contribution in [2.75, 3.05) is 13.2 Å². The molecular weight excluding hydrogens is 296 g/mol. The fourth-order valence-electron chi connectivity index (χ4n) is 2.41. The van der Waals surface area contributed by atoms with E-state index < -0.39 is 0 Å². The van der Waals surface area contributed by atoms with Crippen molar-refractivity contribution in [3.05, 3.63) is 29.8 Å². The Bertz CT molecular complexity index is 357. The molecule has 140 valence electrons. The van der Waals surface area contributed by atoms with Crippen LogP contribution in [0.2, 0.25) is 0 Å². The van der Waals surface area contributed by atoms with Crippen LogP contribution in [0.3, 0.4) is 0 Å². The van der Waals surface area contributed by atoms with Crippen LogP contribution in [-0.2, 0) is 11.2 Å². The first-order chi connectivity index (χ1) is 11.8. The fraction of sp³-hybridized carbons (Fsp3) is 0.727. The molecule has 24 heavy (non-hydrogen) atoms. The average Bonchev–Trinajstić information content (AvgIpc) is 2.60. The normalized spacial score (nSPS) is 10.3. The number of para-hydroxylation sites is 1. The zero-order valence-corrected chi connectivity index (χ0v) is 16.4. The predicted octanol–water partition coefficient (Wildman–Crippen LogP) is 6.90. The van der Waals surface area contributed by atoms with E-state index in [1.54, 1.807) is 6.07 Å². The molecule has 1 aromatic rings. The van der Waals surface area contributed by atoms with Gasteiger partial charge in [-0.15, -0.1) is 0 Å². The van der Waals surface area contributed by atoms with E-state index in [1.165, 1.54) is 64.2 Å². The molecule has 2 heteroatoms. The van der Waals surface area contributed by atoms with Crippen LogP contribution >= 0.6 is 0 Å². The lowest BCUT2D eigenvalue weighted by Gasteiger charge is -2.03. The van der Waals surface area contributed by atoms with E-state index in [4.69, 9.17) is 4.74 Å². The highest BCUT2D eigenvalue weighted by atomic mass is 16.5. The molecule has 0 atom stereocenters. The Labute approximate surface area is 150 Å². The van der Waals surface area contributed by atoms with Crippen LogP contribution in [0, 0.1) is 0 Å². The van der Waals surface area contributed by atoms with Crippen LogP contribution in [0.5, 0.6) is 5.75 Å². The molecule has 0 spiro atoms. The minimum atomic E-state index is 0.450. The molecule has 0 saturated carbocycles. The second kappa shape index (κ2) is 18.3. The Kier molecular flexibility index (Phi) is 17.5. The third-order valence-corrected chi connectivity index (χ3v) is 4.08. The maximum absolute atomic E-state index is 9.55. The molecular formula is C22H40O2. The summed E-state index contributed by atoms with van der Waals surface area (Å²) in [6.45, 7) is 8.52. The molecule has 1 rings (SSSR count). The van der Waals surface area contributed by atoms with Crippen molar-refractivity contribution >= 4 is 0 Å². The van der Waals surface area contributed by atoms with Crippen LogP contribution in [0.25, 0.3) is 0 Å². The summed E-state index contributed by atoms with van der Waals surface area (Å²) in [6, 6.07) is 7.65. The third kappa shape index (κ3) is 14.6. The SMILES string of the molecule is CCCCCCCCc1ccccc1O.CCCCOCCCC. The van der Waals surface area contributed by atoms with E-state index >= 15 is 0 Å². The Hall–Kier alpha value is -1.02. The highest BCUT2D eigenvalue weighted by Crippen LogP contribution is 2.18. The molecule has 0 radical (unpaired) electrons. The smallest absolute Gasteiger partial charge is 0.118 e. The Morgan fingerprint density at radius 2 is 1.25 bits per heavy atom. The summed E-state index contributed by atoms with van der Waals surface area (Å²) in [4.78, 5) is 0. The van der Waals surface area contributed by atoms with Crippen LogP contribution in [0.1, 0.15) is 90.5 Å². The fourth-order valence-corrected chi connectivity index (χ4v) is 2.41. The number of unbranched alkanes of at least 4 members (excludes halogenated alkanes) is 7. The van der Waals surface area contributed by atoms with Crippen molar-refractivity contribution in [1.82, 2.24) is 0 Å². The molecule has 2 nitrogen and oxygen atoms in total. The first kappa shape index (κ1) is 23.0. The van der Waals surface area contributed by atoms with Crippen molar-refractivity contribution in [2.24, 2.45) is 0 Å². The molecule has 0 aliphatic heterocycles. The highest BCUT2D eigenvalue weighted by molar-refractivity contribution is 5.31. The summed E-state index contributed by atoms with van der Waals surface area (Å²) in [5, 5.41) is 9.55. The van der Waals surface area contributed by atoms with Crippen LogP contribution < -0.4 is 0 Å². The van der Waals surface area contributed by atoms with E-state index in [0.717, 1.165) is 25.2 Å². The molecule has 0 saturated heterocycles. The first-order valence-corrected chi connectivity index (χ1v) is 10.1. The second-order valence-electron chi connectivity index (χ2n) is 6.47. The minimum Gasteiger partial charge on any atom is -0.508 e. The van der Waals surface area contributed by atoms with Gasteiger partial charge >= 0.3 is 0 Å². The monoisotopic (exact) mass is 336 g/mol. The van der Waals surface area contributed by atoms with Gasteiger partial charge in [0.2, 0.25) is 0 Å². The van der Waals surface area contributed by atoms with Crippen molar-refractivity contribution < 1.29 is 9.84 Å². The number of hydrogen-bond donors (Lipinski definition) is 1. The zero-order chi connectivity index (χ0) is 17.9. The number of ether oxygens (including phenoxy) is 1. The molecule has 0 aliphatic carbocycles. The van der Waals surface area contributed by atoms with Gasteiger partial charge in [-0.3, -0.25) is 0 Å². The largest absolute Gasteiger partial charge is 0.508 e. The second-order valence-corrected chi connectivity index (χ2v) is 6.47. The van der Waals surface area contributed by atoms with Crippen LogP contribution in [0.15, 0.2) is 24.3 Å². The summed E-state index contributed by atoms with van der Waals surface area (Å²) in [5.41, 5.74) is 1.09. The first-order valence-electron chi connectivity index (χ1n) is 10.1. The Morgan fingerprint density at radius 1 is 0.708 bits per heavy atom. The summed E-state index contributed by atoms with van der Waals surface area (Å²) in [7, 11) is 0. The van der Waals surface area contributed by atoms with Gasteiger partial charge < -0.3 is 9.84 Å². The van der Waals surface area contributed by atoms with Gasteiger partial charge in [0.05, 0.1) is 0 Å². The molecule has 0 bridgehead atoms. The van der Waals surface area contributed by atoms with Gasteiger partial charge in [-0.1, -0.05) is 83.9 Å². The number of hydrogen-bond acceptors (Lipinski definition) is 2. The van der Waals surface area contributed by atoms with Crippen molar-refractivity contribution in [1.29, 1.82) is 0 Å². The number of aryl methyl sites for hydroxylation is 1. The van der Waals surface area contributed by atoms with Crippen molar-refractivity contribution in [2.45, 2.75) is 91.4 Å². The standard InChI is InChI=1S/C14H22O.C8H18O/c1-2-3-4-5-6-7-10-13-11-8-9-12-14(13)15;1-3-5-7-9-8-6-4-2/h8-9,11-12,15H,2-7,10H2,1H3;3-8H2,1-2H3. The van der Waals surface area contributed by atoms with Gasteiger partial charge in [-0.05, 0) is 37.3 Å². The number of phenolic OH excluding ortho intramolecular Hbond substituents is 1. The maximum Gasteiger partial charge on any atom is 0.118 e. The summed E-state index contributed by atoms with van der Waals surface area (Å²) in [5.74, 6) is 0.450. The molecule has 1 aromatic carbocycles. The van der Waals surface area contributed by atoms with E-state index in [2.05, 4.69) is 20.8 Å². The zero-order valence-electron chi connectivity index (χ0n) is 16.4. The lowest BCUT2D eigenvalue weighted by molar-refractivity contribution is 0.128. The lowest BCUT2D eigenvalue weighted by atomic mass is 10.0. The van der Waals surface area contributed by atoms with Gasteiger partial charge in [-0.2, -0.15) is 0 Å². The molecule has 0 unspecified atom stereocenters. The van der Waals surface area contributed by atoms with E-state index in [0.29, 0.717) is 5.75 Å². The van der Waals surface area contributed by atoms with Gasteiger partial charge in [0, 0.05) is 13.2 Å². The molecule has 0 aliphatic rings. The third-order valence-electron chi connectivity index (χ3n) is 4.08. The molecule has 1 N–H and O–H groups in total. The van der Waals surface area contributed by atoms with Crippen LogP contribution in [-0.4, -0.2) is 18.3 Å². The molecule has 0 fully saturated rings. The Balaban J connectivity index is 0.000000506. The van der Waals surface area contributed by atoms with Gasteiger partial charge in [0.1, 0.15) is 5.75 Å². The van der Waals surface area contributed by atoms with E-state index in [9.17, 15) is 5.11 Å². The summed E-state index contributed by atoms with van der Waals surface area (Å²) >= 11 is 0. The number of aromatic hydroxyl groups is 1. The van der Waals surface area contributed by atoms with E-state index in [-0.39, 0.29) is 0 Å². The van der Waals surface area contributed by atoms with Gasteiger partial charge in [-0.25, -0.2) is 0 Å². The van der Waals surface area contributed by atoms with Crippen LogP contribution in [0.4, 0.5) is 0 Å². The number of phenols is 1.